The Hall–Kier alpha value is -1.32. The van der Waals surface area contributed by atoms with E-state index in [4.69, 9.17) is 10.5 Å². The van der Waals surface area contributed by atoms with E-state index in [2.05, 4.69) is 22.9 Å². The minimum absolute atomic E-state index is 0.620. The maximum absolute atomic E-state index is 5.95. The molecule has 0 aromatic heterocycles. The number of aryl methyl sites for hydroxylation is 1. The maximum atomic E-state index is 5.95. The van der Waals surface area contributed by atoms with Gasteiger partial charge in [0, 0.05) is 0 Å². The van der Waals surface area contributed by atoms with Crippen molar-refractivity contribution in [1.82, 2.24) is 0 Å². The van der Waals surface area contributed by atoms with Gasteiger partial charge in [-0.25, -0.2) is 0 Å². The van der Waals surface area contributed by atoms with E-state index >= 15 is 0 Å². The summed E-state index contributed by atoms with van der Waals surface area (Å²) in [5.74, 6) is 1.69. The van der Waals surface area contributed by atoms with E-state index in [1.165, 1.54) is 5.56 Å². The van der Waals surface area contributed by atoms with Crippen LogP contribution in [0.2, 0.25) is 0 Å². The molecule has 0 fully saturated rings. The van der Waals surface area contributed by atoms with Crippen LogP contribution in [0.3, 0.4) is 0 Å². The highest BCUT2D eigenvalue weighted by Crippen LogP contribution is 2.32. The van der Waals surface area contributed by atoms with E-state index in [0.29, 0.717) is 6.54 Å². The van der Waals surface area contributed by atoms with Gasteiger partial charge in [0.15, 0.2) is 0 Å². The third kappa shape index (κ3) is 3.12. The molecule has 3 heteroatoms. The molecule has 0 bridgehead atoms. The van der Waals surface area contributed by atoms with E-state index in [1.807, 2.05) is 42.5 Å². The van der Waals surface area contributed by atoms with Crippen molar-refractivity contribution in [3.63, 3.8) is 0 Å². The molecule has 0 aliphatic rings. The van der Waals surface area contributed by atoms with Crippen molar-refractivity contribution in [1.29, 1.82) is 0 Å². The number of rotatable bonds is 4. The van der Waals surface area contributed by atoms with Gasteiger partial charge in [-0.1, -0.05) is 24.3 Å². The average Bonchev–Trinajstić information content (AvgIpc) is 2.35. The van der Waals surface area contributed by atoms with Gasteiger partial charge in [-0.05, 0) is 65.1 Å². The lowest BCUT2D eigenvalue weighted by Crippen LogP contribution is -2.03. The third-order valence-electron chi connectivity index (χ3n) is 2.69. The highest BCUT2D eigenvalue weighted by molar-refractivity contribution is 9.10. The molecule has 0 saturated carbocycles. The number of benzene rings is 2. The SMILES string of the molecule is Cc1ccc(Oc2ccccc2CCN)c(Br)c1. The standard InChI is InChI=1S/C15H16BrNO/c1-11-6-7-15(13(16)10-11)18-14-5-3-2-4-12(14)8-9-17/h2-7,10H,8-9,17H2,1H3. The smallest absolute Gasteiger partial charge is 0.141 e. The summed E-state index contributed by atoms with van der Waals surface area (Å²) in [6.07, 6.45) is 0.819. The Kier molecular flexibility index (Phi) is 4.39. The van der Waals surface area contributed by atoms with Gasteiger partial charge in [-0.3, -0.25) is 0 Å². The predicted octanol–water partition coefficient (Wildman–Crippen LogP) is 4.05. The summed E-state index contributed by atoms with van der Waals surface area (Å²) in [6, 6.07) is 14.0. The normalized spacial score (nSPS) is 10.4. The summed E-state index contributed by atoms with van der Waals surface area (Å²) >= 11 is 3.52. The summed E-state index contributed by atoms with van der Waals surface area (Å²) in [6.45, 7) is 2.67. The van der Waals surface area contributed by atoms with Crippen molar-refractivity contribution >= 4 is 15.9 Å². The van der Waals surface area contributed by atoms with Gasteiger partial charge in [-0.15, -0.1) is 0 Å². The molecule has 0 spiro atoms. The molecule has 2 rings (SSSR count). The van der Waals surface area contributed by atoms with Crippen LogP contribution in [0.25, 0.3) is 0 Å². The van der Waals surface area contributed by atoms with Crippen LogP contribution in [0.5, 0.6) is 11.5 Å². The predicted molar refractivity (Wildman–Crippen MR) is 78.2 cm³/mol. The van der Waals surface area contributed by atoms with Crippen molar-refractivity contribution in [3.8, 4) is 11.5 Å². The van der Waals surface area contributed by atoms with Crippen molar-refractivity contribution in [3.05, 3.63) is 58.1 Å². The van der Waals surface area contributed by atoms with Gasteiger partial charge in [-0.2, -0.15) is 0 Å². The highest BCUT2D eigenvalue weighted by atomic mass is 79.9. The Labute approximate surface area is 116 Å². The highest BCUT2D eigenvalue weighted by Gasteiger charge is 2.06. The van der Waals surface area contributed by atoms with Crippen molar-refractivity contribution in [2.45, 2.75) is 13.3 Å². The largest absolute Gasteiger partial charge is 0.456 e. The van der Waals surface area contributed by atoms with Crippen LogP contribution < -0.4 is 10.5 Å². The molecule has 18 heavy (non-hydrogen) atoms. The molecular formula is C15H16BrNO. The Balaban J connectivity index is 2.28. The fourth-order valence-corrected chi connectivity index (χ4v) is 2.35. The first kappa shape index (κ1) is 13.1. The summed E-state index contributed by atoms with van der Waals surface area (Å²) in [5.41, 5.74) is 7.94. The zero-order chi connectivity index (χ0) is 13.0. The second-order valence-corrected chi connectivity index (χ2v) is 5.04. The molecule has 2 aromatic carbocycles. The van der Waals surface area contributed by atoms with E-state index in [0.717, 1.165) is 28.0 Å². The van der Waals surface area contributed by atoms with Crippen LogP contribution in [0.4, 0.5) is 0 Å². The molecule has 2 nitrogen and oxygen atoms in total. The fourth-order valence-electron chi connectivity index (χ4n) is 1.77. The Morgan fingerprint density at radius 1 is 1.11 bits per heavy atom. The molecule has 0 aliphatic heterocycles. The molecule has 0 atom stereocenters. The molecule has 0 radical (unpaired) electrons. The molecule has 0 amide bonds. The number of halogens is 1. The first-order valence-electron chi connectivity index (χ1n) is 5.92. The summed E-state index contributed by atoms with van der Waals surface area (Å²) in [7, 11) is 0. The van der Waals surface area contributed by atoms with Crippen LogP contribution in [-0.4, -0.2) is 6.54 Å². The average molecular weight is 306 g/mol. The van der Waals surface area contributed by atoms with Gasteiger partial charge in [0.05, 0.1) is 4.47 Å². The van der Waals surface area contributed by atoms with E-state index < -0.39 is 0 Å². The third-order valence-corrected chi connectivity index (χ3v) is 3.31. The van der Waals surface area contributed by atoms with Gasteiger partial charge in [0.25, 0.3) is 0 Å². The van der Waals surface area contributed by atoms with Gasteiger partial charge in [0.1, 0.15) is 11.5 Å². The van der Waals surface area contributed by atoms with Gasteiger partial charge in [0.2, 0.25) is 0 Å². The number of para-hydroxylation sites is 1. The van der Waals surface area contributed by atoms with E-state index in [1.54, 1.807) is 0 Å². The zero-order valence-electron chi connectivity index (χ0n) is 10.3. The lowest BCUT2D eigenvalue weighted by atomic mass is 10.1. The maximum Gasteiger partial charge on any atom is 0.141 e. The molecule has 2 N–H and O–H groups in total. The zero-order valence-corrected chi connectivity index (χ0v) is 11.9. The van der Waals surface area contributed by atoms with Crippen LogP contribution in [0, 0.1) is 6.92 Å². The Morgan fingerprint density at radius 3 is 2.61 bits per heavy atom. The van der Waals surface area contributed by atoms with Crippen LogP contribution >= 0.6 is 15.9 Å². The molecule has 0 unspecified atom stereocenters. The molecule has 0 saturated heterocycles. The quantitative estimate of drug-likeness (QED) is 0.925. The Bertz CT molecular complexity index is 540. The first-order valence-corrected chi connectivity index (χ1v) is 6.72. The minimum Gasteiger partial charge on any atom is -0.456 e. The monoisotopic (exact) mass is 305 g/mol. The van der Waals surface area contributed by atoms with Crippen LogP contribution in [0.15, 0.2) is 46.9 Å². The topological polar surface area (TPSA) is 35.2 Å². The molecule has 0 heterocycles. The Morgan fingerprint density at radius 2 is 1.89 bits per heavy atom. The molecular weight excluding hydrogens is 290 g/mol. The van der Waals surface area contributed by atoms with Crippen LogP contribution in [-0.2, 0) is 6.42 Å². The fraction of sp³-hybridized carbons (Fsp3) is 0.200. The van der Waals surface area contributed by atoms with Gasteiger partial charge < -0.3 is 10.5 Å². The van der Waals surface area contributed by atoms with Crippen LogP contribution in [0.1, 0.15) is 11.1 Å². The van der Waals surface area contributed by atoms with Gasteiger partial charge >= 0.3 is 0 Å². The molecule has 94 valence electrons. The summed E-state index contributed by atoms with van der Waals surface area (Å²) < 4.78 is 6.91. The minimum atomic E-state index is 0.620. The summed E-state index contributed by atoms with van der Waals surface area (Å²) in [5, 5.41) is 0. The number of nitrogens with two attached hydrogens (primary N) is 1. The molecule has 0 aliphatic carbocycles. The van der Waals surface area contributed by atoms with E-state index in [9.17, 15) is 0 Å². The first-order chi connectivity index (χ1) is 8.70. The lowest BCUT2D eigenvalue weighted by Gasteiger charge is -2.12. The second-order valence-electron chi connectivity index (χ2n) is 4.18. The number of hydrogen-bond donors (Lipinski definition) is 1. The summed E-state index contributed by atoms with van der Waals surface area (Å²) in [4.78, 5) is 0. The number of hydrogen-bond acceptors (Lipinski definition) is 2. The second kappa shape index (κ2) is 6.03. The number of ether oxygens (including phenoxy) is 1. The van der Waals surface area contributed by atoms with Crippen molar-refractivity contribution in [2.24, 2.45) is 5.73 Å². The lowest BCUT2D eigenvalue weighted by molar-refractivity contribution is 0.473. The van der Waals surface area contributed by atoms with Crippen molar-refractivity contribution in [2.75, 3.05) is 6.54 Å². The molecule has 2 aromatic rings. The van der Waals surface area contributed by atoms with Crippen molar-refractivity contribution < 1.29 is 4.74 Å². The van der Waals surface area contributed by atoms with E-state index in [-0.39, 0.29) is 0 Å².